The second kappa shape index (κ2) is 4.22. The van der Waals surface area contributed by atoms with Crippen molar-refractivity contribution < 1.29 is 0 Å². The average Bonchev–Trinajstić information content (AvgIpc) is 2.78. The monoisotopic (exact) mass is 195 g/mol. The summed E-state index contributed by atoms with van der Waals surface area (Å²) in [7, 11) is 0. The van der Waals surface area contributed by atoms with Crippen LogP contribution in [-0.2, 0) is 0 Å². The first-order chi connectivity index (χ1) is 6.77. The molecule has 0 aliphatic heterocycles. The summed E-state index contributed by atoms with van der Waals surface area (Å²) in [6.45, 7) is 7.19. The van der Waals surface area contributed by atoms with Crippen molar-refractivity contribution in [2.75, 3.05) is 13.1 Å². The van der Waals surface area contributed by atoms with Gasteiger partial charge in [-0.05, 0) is 56.0 Å². The van der Waals surface area contributed by atoms with E-state index < -0.39 is 0 Å². The molecule has 2 fully saturated rings. The van der Waals surface area contributed by atoms with Crippen LogP contribution in [0.15, 0.2) is 0 Å². The van der Waals surface area contributed by atoms with Crippen LogP contribution in [-0.4, -0.2) is 13.1 Å². The molecule has 0 amide bonds. The minimum Gasteiger partial charge on any atom is -0.316 e. The Morgan fingerprint density at radius 2 is 2.21 bits per heavy atom. The van der Waals surface area contributed by atoms with Crippen LogP contribution in [0.2, 0.25) is 0 Å². The Bertz CT molecular complexity index is 190. The summed E-state index contributed by atoms with van der Waals surface area (Å²) in [5.41, 5.74) is 0.804. The molecular formula is C13H25N. The van der Waals surface area contributed by atoms with Crippen molar-refractivity contribution in [3.63, 3.8) is 0 Å². The molecule has 1 N–H and O–H groups in total. The van der Waals surface area contributed by atoms with E-state index in [-0.39, 0.29) is 0 Å². The summed E-state index contributed by atoms with van der Waals surface area (Å²) in [4.78, 5) is 0. The van der Waals surface area contributed by atoms with Crippen molar-refractivity contribution in [2.45, 2.75) is 52.4 Å². The normalized spacial score (nSPS) is 41.6. The molecule has 0 radical (unpaired) electrons. The van der Waals surface area contributed by atoms with E-state index in [1.54, 1.807) is 0 Å². The predicted molar refractivity (Wildman–Crippen MR) is 61.3 cm³/mol. The maximum Gasteiger partial charge on any atom is -0.00150 e. The van der Waals surface area contributed by atoms with Gasteiger partial charge in [0.2, 0.25) is 0 Å². The zero-order chi connectivity index (χ0) is 10.0. The van der Waals surface area contributed by atoms with Crippen molar-refractivity contribution >= 4 is 0 Å². The average molecular weight is 195 g/mol. The van der Waals surface area contributed by atoms with Crippen LogP contribution >= 0.6 is 0 Å². The largest absolute Gasteiger partial charge is 0.316 e. The molecule has 0 aromatic heterocycles. The van der Waals surface area contributed by atoms with Gasteiger partial charge in [-0.3, -0.25) is 0 Å². The lowest BCUT2D eigenvalue weighted by molar-refractivity contribution is 0.241. The molecule has 2 saturated carbocycles. The highest BCUT2D eigenvalue weighted by Crippen LogP contribution is 2.62. The molecule has 0 bridgehead atoms. The molecule has 1 spiro atoms. The van der Waals surface area contributed by atoms with Gasteiger partial charge in [-0.1, -0.05) is 26.7 Å². The van der Waals surface area contributed by atoms with E-state index in [4.69, 9.17) is 0 Å². The first-order valence-corrected chi connectivity index (χ1v) is 6.47. The van der Waals surface area contributed by atoms with Crippen molar-refractivity contribution in [3.05, 3.63) is 0 Å². The molecule has 2 aliphatic carbocycles. The lowest BCUT2D eigenvalue weighted by atomic mass is 9.78. The highest BCUT2D eigenvalue weighted by Gasteiger charge is 2.54. The van der Waals surface area contributed by atoms with Crippen molar-refractivity contribution in [1.82, 2.24) is 5.32 Å². The molecule has 14 heavy (non-hydrogen) atoms. The van der Waals surface area contributed by atoms with Crippen molar-refractivity contribution in [2.24, 2.45) is 17.3 Å². The van der Waals surface area contributed by atoms with Crippen molar-refractivity contribution in [3.8, 4) is 0 Å². The van der Waals surface area contributed by atoms with Gasteiger partial charge in [0.05, 0.1) is 0 Å². The second-order valence-corrected chi connectivity index (χ2v) is 5.67. The van der Waals surface area contributed by atoms with E-state index in [9.17, 15) is 0 Å². The predicted octanol–water partition coefficient (Wildman–Crippen LogP) is 3.20. The summed E-state index contributed by atoms with van der Waals surface area (Å²) in [5, 5.41) is 3.58. The minimum atomic E-state index is 0.804. The summed E-state index contributed by atoms with van der Waals surface area (Å²) in [5.74, 6) is 2.02. The van der Waals surface area contributed by atoms with Gasteiger partial charge < -0.3 is 5.32 Å². The van der Waals surface area contributed by atoms with Crippen molar-refractivity contribution in [1.29, 1.82) is 0 Å². The highest BCUT2D eigenvalue weighted by atomic mass is 14.9. The number of rotatable bonds is 4. The minimum absolute atomic E-state index is 0.804. The summed E-state index contributed by atoms with van der Waals surface area (Å²) in [6.07, 6.45) is 8.81. The van der Waals surface area contributed by atoms with E-state index >= 15 is 0 Å². The third kappa shape index (κ3) is 2.13. The zero-order valence-electron chi connectivity index (χ0n) is 9.81. The fourth-order valence-corrected chi connectivity index (χ4v) is 3.43. The van der Waals surface area contributed by atoms with E-state index in [0.717, 1.165) is 17.3 Å². The maximum absolute atomic E-state index is 3.58. The zero-order valence-corrected chi connectivity index (χ0v) is 9.81. The lowest BCUT2D eigenvalue weighted by Crippen LogP contribution is -2.23. The molecule has 2 rings (SSSR count). The third-order valence-corrected chi connectivity index (χ3v) is 4.30. The molecule has 0 aromatic rings. The van der Waals surface area contributed by atoms with Gasteiger partial charge in [0.1, 0.15) is 0 Å². The van der Waals surface area contributed by atoms with Gasteiger partial charge in [0, 0.05) is 0 Å². The summed E-state index contributed by atoms with van der Waals surface area (Å²) < 4.78 is 0. The van der Waals surface area contributed by atoms with Crippen LogP contribution in [0, 0.1) is 17.3 Å². The first-order valence-electron chi connectivity index (χ1n) is 6.47. The molecule has 3 atom stereocenters. The molecule has 82 valence electrons. The maximum atomic E-state index is 3.58. The quantitative estimate of drug-likeness (QED) is 0.679. The number of hydrogen-bond donors (Lipinski definition) is 1. The molecule has 1 nitrogen and oxygen atoms in total. The fourth-order valence-electron chi connectivity index (χ4n) is 3.43. The van der Waals surface area contributed by atoms with Crippen LogP contribution in [0.3, 0.4) is 0 Å². The van der Waals surface area contributed by atoms with Gasteiger partial charge in [0.15, 0.2) is 0 Å². The van der Waals surface area contributed by atoms with Gasteiger partial charge >= 0.3 is 0 Å². The Balaban J connectivity index is 1.72. The van der Waals surface area contributed by atoms with E-state index in [0.29, 0.717) is 0 Å². The van der Waals surface area contributed by atoms with E-state index in [2.05, 4.69) is 19.2 Å². The molecule has 0 heterocycles. The summed E-state index contributed by atoms with van der Waals surface area (Å²) in [6, 6.07) is 0. The summed E-state index contributed by atoms with van der Waals surface area (Å²) >= 11 is 0. The highest BCUT2D eigenvalue weighted by molar-refractivity contribution is 5.05. The number of nitrogens with one attached hydrogen (secondary N) is 1. The molecule has 0 saturated heterocycles. The third-order valence-electron chi connectivity index (χ3n) is 4.30. The van der Waals surface area contributed by atoms with Gasteiger partial charge in [0.25, 0.3) is 0 Å². The van der Waals surface area contributed by atoms with Gasteiger partial charge in [-0.25, -0.2) is 0 Å². The Morgan fingerprint density at radius 3 is 2.93 bits per heavy atom. The van der Waals surface area contributed by atoms with Crippen LogP contribution in [0.4, 0.5) is 0 Å². The Morgan fingerprint density at radius 1 is 1.36 bits per heavy atom. The molecule has 0 aromatic carbocycles. The Kier molecular flexibility index (Phi) is 3.16. The van der Waals surface area contributed by atoms with Crippen LogP contribution < -0.4 is 5.32 Å². The number of hydrogen-bond acceptors (Lipinski definition) is 1. The molecule has 1 heteroatoms. The van der Waals surface area contributed by atoms with E-state index in [1.165, 1.54) is 51.6 Å². The fraction of sp³-hybridized carbons (Fsp3) is 1.00. The lowest BCUT2D eigenvalue weighted by Gasteiger charge is -2.28. The first kappa shape index (κ1) is 10.5. The smallest absolute Gasteiger partial charge is 0.00150 e. The molecular weight excluding hydrogens is 170 g/mol. The SMILES string of the molecule is CCCNCC1CC12CCCC(C)C2. The Hall–Kier alpha value is -0.0400. The van der Waals surface area contributed by atoms with Gasteiger partial charge in [-0.2, -0.15) is 0 Å². The standard InChI is InChI=1S/C13H25N/c1-3-7-14-10-12-9-13(12)6-4-5-11(2)8-13/h11-12,14H,3-10H2,1-2H3. The second-order valence-electron chi connectivity index (χ2n) is 5.67. The van der Waals surface area contributed by atoms with Gasteiger partial charge in [-0.15, -0.1) is 0 Å². The molecule has 2 aliphatic rings. The molecule has 3 unspecified atom stereocenters. The Labute approximate surface area is 88.7 Å². The van der Waals surface area contributed by atoms with Crippen LogP contribution in [0.5, 0.6) is 0 Å². The topological polar surface area (TPSA) is 12.0 Å². The van der Waals surface area contributed by atoms with E-state index in [1.807, 2.05) is 0 Å². The van der Waals surface area contributed by atoms with Crippen LogP contribution in [0.25, 0.3) is 0 Å². The van der Waals surface area contributed by atoms with Crippen LogP contribution in [0.1, 0.15) is 52.4 Å².